The van der Waals surface area contributed by atoms with Gasteiger partial charge in [-0.25, -0.2) is 4.79 Å². The smallest absolute Gasteiger partial charge is 0.357 e. The topological polar surface area (TPSA) is 57.5 Å². The maximum atomic E-state index is 10.7. The number of hydrogen-bond donors (Lipinski definition) is 2. The molecule has 0 heterocycles. The van der Waals surface area contributed by atoms with Gasteiger partial charge in [-0.1, -0.05) is 12.2 Å². The van der Waals surface area contributed by atoms with Crippen molar-refractivity contribution in [2.75, 3.05) is 11.5 Å². The van der Waals surface area contributed by atoms with Gasteiger partial charge in [-0.15, -0.1) is 36.7 Å². The van der Waals surface area contributed by atoms with Crippen molar-refractivity contribution < 1.29 is 15.0 Å². The van der Waals surface area contributed by atoms with Gasteiger partial charge >= 0.3 is 5.97 Å². The number of carbonyl (C=O) groups is 1. The Labute approximate surface area is 85.9 Å². The van der Waals surface area contributed by atoms with Gasteiger partial charge in [0.1, 0.15) is 0 Å². The van der Waals surface area contributed by atoms with Crippen LogP contribution in [0, 0.1) is 0 Å². The van der Waals surface area contributed by atoms with E-state index in [-0.39, 0.29) is 0 Å². The van der Waals surface area contributed by atoms with Gasteiger partial charge in [0.2, 0.25) is 0 Å². The highest BCUT2D eigenvalue weighted by Crippen LogP contribution is 2.34. The van der Waals surface area contributed by atoms with Crippen LogP contribution in [0.25, 0.3) is 0 Å². The molecule has 0 aromatic rings. The monoisotopic (exact) mass is 220 g/mol. The lowest BCUT2D eigenvalue weighted by molar-refractivity contribution is -0.143. The predicted molar refractivity (Wildman–Crippen MR) is 57.9 cm³/mol. The van der Waals surface area contributed by atoms with Crippen molar-refractivity contribution in [2.45, 2.75) is 4.27 Å². The fraction of sp³-hybridized carbons (Fsp3) is 0.375. The van der Waals surface area contributed by atoms with E-state index in [1.807, 2.05) is 0 Å². The molecular formula is C8H12O3S2. The number of thioether (sulfide) groups is 2. The van der Waals surface area contributed by atoms with E-state index in [4.69, 9.17) is 5.11 Å². The zero-order chi connectivity index (χ0) is 10.3. The van der Waals surface area contributed by atoms with E-state index in [0.717, 1.165) is 23.5 Å². The molecule has 3 nitrogen and oxygen atoms in total. The Balaban J connectivity index is 4.23. The highest BCUT2D eigenvalue weighted by atomic mass is 32.2. The lowest BCUT2D eigenvalue weighted by Crippen LogP contribution is -2.31. The molecule has 0 radical (unpaired) electrons. The molecule has 74 valence electrons. The van der Waals surface area contributed by atoms with Crippen LogP contribution in [0.4, 0.5) is 0 Å². The van der Waals surface area contributed by atoms with Crippen LogP contribution in [0.15, 0.2) is 25.3 Å². The van der Waals surface area contributed by atoms with Crippen LogP contribution in [0.5, 0.6) is 0 Å². The van der Waals surface area contributed by atoms with Crippen LogP contribution in [0.3, 0.4) is 0 Å². The Bertz CT molecular complexity index is 192. The molecule has 0 saturated carbocycles. The summed E-state index contributed by atoms with van der Waals surface area (Å²) in [6.07, 6.45) is 3.10. The largest absolute Gasteiger partial charge is 0.478 e. The van der Waals surface area contributed by atoms with Crippen molar-refractivity contribution in [3.8, 4) is 0 Å². The summed E-state index contributed by atoms with van der Waals surface area (Å²) in [5.74, 6) is -0.453. The standard InChI is InChI=1S/C8H12O3S2/c1-3-5-12-8(11,7(9)10)13-6-4-2/h3-4,11H,1-2,5-6H2,(H,9,10). The number of carboxylic acids is 1. The molecule has 2 N–H and O–H groups in total. The second kappa shape index (κ2) is 6.12. The van der Waals surface area contributed by atoms with Crippen LogP contribution in [0.1, 0.15) is 0 Å². The summed E-state index contributed by atoms with van der Waals surface area (Å²) in [4.78, 5) is 10.7. The van der Waals surface area contributed by atoms with Crippen molar-refractivity contribution in [3.63, 3.8) is 0 Å². The Morgan fingerprint density at radius 1 is 1.31 bits per heavy atom. The van der Waals surface area contributed by atoms with E-state index in [1.54, 1.807) is 12.2 Å². The Morgan fingerprint density at radius 2 is 1.69 bits per heavy atom. The van der Waals surface area contributed by atoms with Crippen LogP contribution in [-0.4, -0.2) is 32.0 Å². The van der Waals surface area contributed by atoms with Crippen molar-refractivity contribution in [3.05, 3.63) is 25.3 Å². The summed E-state index contributed by atoms with van der Waals surface area (Å²) in [5.41, 5.74) is 0. The molecule has 5 heteroatoms. The number of rotatable bonds is 7. The molecule has 0 aliphatic carbocycles. The van der Waals surface area contributed by atoms with Gasteiger partial charge < -0.3 is 10.2 Å². The average molecular weight is 220 g/mol. The molecule has 0 aliphatic rings. The first-order valence-electron chi connectivity index (χ1n) is 3.52. The highest BCUT2D eigenvalue weighted by molar-refractivity contribution is 8.19. The number of aliphatic hydroxyl groups is 1. The van der Waals surface area contributed by atoms with E-state index in [2.05, 4.69) is 13.2 Å². The molecule has 0 aromatic carbocycles. The second-order valence-electron chi connectivity index (χ2n) is 2.09. The van der Waals surface area contributed by atoms with Gasteiger partial charge in [0, 0.05) is 11.5 Å². The summed E-state index contributed by atoms with van der Waals surface area (Å²) < 4.78 is -1.79. The molecule has 0 aliphatic heterocycles. The van der Waals surface area contributed by atoms with Gasteiger partial charge in [-0.2, -0.15) is 0 Å². The Kier molecular flexibility index (Phi) is 5.94. The zero-order valence-electron chi connectivity index (χ0n) is 7.10. The normalized spacial score (nSPS) is 10.8. The summed E-state index contributed by atoms with van der Waals surface area (Å²) in [6, 6.07) is 0. The lowest BCUT2D eigenvalue weighted by atomic mass is 10.7. The van der Waals surface area contributed by atoms with E-state index in [0.29, 0.717) is 11.5 Å². The van der Waals surface area contributed by atoms with Gasteiger partial charge in [-0.3, -0.25) is 0 Å². The number of carboxylic acid groups (broad SMARTS) is 1. The van der Waals surface area contributed by atoms with Crippen molar-refractivity contribution in [2.24, 2.45) is 0 Å². The van der Waals surface area contributed by atoms with E-state index >= 15 is 0 Å². The Morgan fingerprint density at radius 3 is 1.92 bits per heavy atom. The van der Waals surface area contributed by atoms with Crippen LogP contribution in [0.2, 0.25) is 0 Å². The van der Waals surface area contributed by atoms with Crippen molar-refractivity contribution in [1.82, 2.24) is 0 Å². The van der Waals surface area contributed by atoms with Crippen molar-refractivity contribution in [1.29, 1.82) is 0 Å². The predicted octanol–water partition coefficient (Wildman–Crippen LogP) is 1.56. The molecule has 0 amide bonds. The molecule has 0 rings (SSSR count). The third kappa shape index (κ3) is 4.40. The molecule has 0 fully saturated rings. The maximum Gasteiger partial charge on any atom is 0.357 e. The van der Waals surface area contributed by atoms with Gasteiger partial charge in [0.25, 0.3) is 4.27 Å². The molecule has 0 saturated heterocycles. The summed E-state index contributed by atoms with van der Waals surface area (Å²) in [5, 5.41) is 18.3. The molecule has 0 aromatic heterocycles. The number of aliphatic carboxylic acids is 1. The van der Waals surface area contributed by atoms with Crippen LogP contribution >= 0.6 is 23.5 Å². The van der Waals surface area contributed by atoms with Gasteiger partial charge in [0.15, 0.2) is 0 Å². The third-order valence-electron chi connectivity index (χ3n) is 1.06. The van der Waals surface area contributed by atoms with Crippen LogP contribution < -0.4 is 0 Å². The average Bonchev–Trinajstić information content (AvgIpc) is 2.11. The minimum atomic E-state index is -1.79. The van der Waals surface area contributed by atoms with E-state index in [9.17, 15) is 9.90 Å². The Hall–Kier alpha value is -0.390. The summed E-state index contributed by atoms with van der Waals surface area (Å²) in [7, 11) is 0. The molecule has 0 bridgehead atoms. The molecular weight excluding hydrogens is 208 g/mol. The minimum Gasteiger partial charge on any atom is -0.478 e. The number of hydrogen-bond acceptors (Lipinski definition) is 4. The zero-order valence-corrected chi connectivity index (χ0v) is 8.74. The third-order valence-corrected chi connectivity index (χ3v) is 3.71. The van der Waals surface area contributed by atoms with Gasteiger partial charge in [0.05, 0.1) is 0 Å². The maximum absolute atomic E-state index is 10.7. The summed E-state index contributed by atoms with van der Waals surface area (Å²) >= 11 is 1.85. The van der Waals surface area contributed by atoms with Crippen molar-refractivity contribution >= 4 is 29.5 Å². The van der Waals surface area contributed by atoms with E-state index in [1.165, 1.54) is 0 Å². The SMILES string of the molecule is C=CCSC(O)(SCC=C)C(=O)O. The van der Waals surface area contributed by atoms with Crippen LogP contribution in [-0.2, 0) is 4.79 Å². The lowest BCUT2D eigenvalue weighted by Gasteiger charge is -2.20. The highest BCUT2D eigenvalue weighted by Gasteiger charge is 2.36. The first-order chi connectivity index (χ1) is 6.06. The first-order valence-corrected chi connectivity index (χ1v) is 5.49. The molecule has 0 atom stereocenters. The molecule has 0 unspecified atom stereocenters. The quantitative estimate of drug-likeness (QED) is 0.503. The summed E-state index contributed by atoms with van der Waals surface area (Å²) in [6.45, 7) is 6.90. The first kappa shape index (κ1) is 12.6. The molecule has 0 spiro atoms. The van der Waals surface area contributed by atoms with Gasteiger partial charge in [-0.05, 0) is 0 Å². The molecule has 13 heavy (non-hydrogen) atoms. The fourth-order valence-electron chi connectivity index (χ4n) is 0.509. The van der Waals surface area contributed by atoms with E-state index < -0.39 is 10.2 Å². The second-order valence-corrected chi connectivity index (χ2v) is 4.77. The fourth-order valence-corrected chi connectivity index (χ4v) is 2.18. The minimum absolute atomic E-state index is 0.396.